The highest BCUT2D eigenvalue weighted by Gasteiger charge is 2.50. The number of carbonyl (C=O) groups is 4. The lowest BCUT2D eigenvalue weighted by molar-refractivity contribution is -0.159. The maximum Gasteiger partial charge on any atom is 0.329 e. The SMILES string of the molecule is C[C@@H](C(=O)OCC(=O)Nc1cccc2c1N=S=N2)N1C(=O)[C@@H]2CC=CC[C@H]2C1=O. The van der Waals surface area contributed by atoms with E-state index in [1.54, 1.807) is 18.2 Å². The molecule has 1 aliphatic carbocycles. The second-order valence-corrected chi connectivity index (χ2v) is 7.50. The zero-order valence-electron chi connectivity index (χ0n) is 15.5. The third-order valence-electron chi connectivity index (χ3n) is 5.18. The molecule has 1 saturated heterocycles. The van der Waals surface area contributed by atoms with Crippen LogP contribution in [-0.2, 0) is 35.3 Å². The number of ether oxygens (including phenoxy) is 1. The van der Waals surface area contributed by atoms with E-state index in [-0.39, 0.29) is 11.8 Å². The lowest BCUT2D eigenvalue weighted by Gasteiger charge is -2.21. The van der Waals surface area contributed by atoms with Crippen molar-refractivity contribution in [3.8, 4) is 0 Å². The van der Waals surface area contributed by atoms with Crippen LogP contribution >= 0.6 is 0 Å². The smallest absolute Gasteiger partial charge is 0.329 e. The van der Waals surface area contributed by atoms with Crippen LogP contribution in [0, 0.1) is 11.8 Å². The Bertz CT molecular complexity index is 988. The minimum Gasteiger partial charge on any atom is -0.454 e. The molecule has 0 bridgehead atoms. The number of imide groups is 1. The number of nitrogens with one attached hydrogen (secondary N) is 1. The van der Waals surface area contributed by atoms with Crippen molar-refractivity contribution in [2.45, 2.75) is 25.8 Å². The molecule has 3 amide bonds. The van der Waals surface area contributed by atoms with Gasteiger partial charge in [-0.05, 0) is 31.9 Å². The second-order valence-electron chi connectivity index (χ2n) is 6.97. The van der Waals surface area contributed by atoms with Gasteiger partial charge in [0.15, 0.2) is 6.61 Å². The number of nitrogens with zero attached hydrogens (tertiary/aromatic N) is 3. The van der Waals surface area contributed by atoms with Crippen molar-refractivity contribution in [1.29, 1.82) is 0 Å². The zero-order valence-corrected chi connectivity index (χ0v) is 16.3. The average molecular weight is 414 g/mol. The van der Waals surface area contributed by atoms with Crippen LogP contribution in [-0.4, -0.2) is 41.2 Å². The van der Waals surface area contributed by atoms with E-state index in [0.29, 0.717) is 29.9 Å². The van der Waals surface area contributed by atoms with E-state index in [4.69, 9.17) is 4.74 Å². The van der Waals surface area contributed by atoms with Crippen LogP contribution in [0.2, 0.25) is 0 Å². The van der Waals surface area contributed by atoms with Gasteiger partial charge in [0.1, 0.15) is 17.4 Å². The number of benzene rings is 1. The zero-order chi connectivity index (χ0) is 20.5. The summed E-state index contributed by atoms with van der Waals surface area (Å²) in [5, 5.41) is 2.63. The van der Waals surface area contributed by atoms with Crippen molar-refractivity contribution in [2.75, 3.05) is 11.9 Å². The van der Waals surface area contributed by atoms with Gasteiger partial charge >= 0.3 is 5.97 Å². The predicted molar refractivity (Wildman–Crippen MR) is 104 cm³/mol. The van der Waals surface area contributed by atoms with E-state index in [1.165, 1.54) is 6.92 Å². The first-order valence-corrected chi connectivity index (χ1v) is 9.90. The number of anilines is 1. The highest BCUT2D eigenvalue weighted by atomic mass is 32.1. The number of hydrogen-bond acceptors (Lipinski definition) is 7. The summed E-state index contributed by atoms with van der Waals surface area (Å²) in [4.78, 5) is 50.6. The molecule has 3 aliphatic rings. The summed E-state index contributed by atoms with van der Waals surface area (Å²) in [7, 11) is 0. The number of rotatable bonds is 5. The second kappa shape index (κ2) is 7.70. The van der Waals surface area contributed by atoms with Crippen LogP contribution in [0.4, 0.5) is 17.1 Å². The summed E-state index contributed by atoms with van der Waals surface area (Å²) in [5.41, 5.74) is 1.67. The molecule has 1 N–H and O–H groups in total. The average Bonchev–Trinajstić information content (AvgIpc) is 3.30. The Labute approximate surface area is 170 Å². The Morgan fingerprint density at radius 2 is 1.90 bits per heavy atom. The standard InChI is InChI=1S/C19H18N4O5S/c1-10(23-17(25)11-5-2-3-6-12(11)18(23)26)19(27)28-9-15(24)20-13-7-4-8-14-16(13)22-29-21-14/h2-4,7-8,10-12H,5-6,9H2,1H3,(H,20,24)/t10-,11+,12+/m0/s1. The van der Waals surface area contributed by atoms with E-state index in [0.717, 1.165) is 16.3 Å². The normalized spacial score (nSPS) is 22.7. The van der Waals surface area contributed by atoms with Crippen molar-refractivity contribution >= 4 is 52.1 Å². The molecule has 3 atom stereocenters. The first-order chi connectivity index (χ1) is 14.0. The maximum atomic E-state index is 12.5. The van der Waals surface area contributed by atoms with Crippen LogP contribution in [0.3, 0.4) is 0 Å². The molecule has 0 spiro atoms. The number of esters is 1. The Morgan fingerprint density at radius 1 is 1.21 bits per heavy atom. The Balaban J connectivity index is 1.34. The highest BCUT2D eigenvalue weighted by molar-refractivity contribution is 7.58. The van der Waals surface area contributed by atoms with Gasteiger partial charge in [-0.2, -0.15) is 8.73 Å². The lowest BCUT2D eigenvalue weighted by atomic mass is 9.85. The molecule has 10 heteroatoms. The van der Waals surface area contributed by atoms with E-state index in [2.05, 4.69) is 14.0 Å². The molecular weight excluding hydrogens is 396 g/mol. The largest absolute Gasteiger partial charge is 0.454 e. The van der Waals surface area contributed by atoms with Gasteiger partial charge in [0.05, 0.1) is 28.9 Å². The number of allylic oxidation sites excluding steroid dienone is 2. The quantitative estimate of drug-likeness (QED) is 0.457. The minimum absolute atomic E-state index is 0.360. The summed E-state index contributed by atoms with van der Waals surface area (Å²) in [6, 6.07) is 4.09. The van der Waals surface area contributed by atoms with Gasteiger partial charge in [-0.15, -0.1) is 0 Å². The monoisotopic (exact) mass is 414 g/mol. The van der Waals surface area contributed by atoms with E-state index >= 15 is 0 Å². The van der Waals surface area contributed by atoms with Crippen molar-refractivity contribution in [3.63, 3.8) is 0 Å². The van der Waals surface area contributed by atoms with Crippen molar-refractivity contribution in [3.05, 3.63) is 30.4 Å². The first kappa shape index (κ1) is 19.2. The summed E-state index contributed by atoms with van der Waals surface area (Å²) in [6.45, 7) is 0.893. The molecule has 150 valence electrons. The topological polar surface area (TPSA) is 118 Å². The summed E-state index contributed by atoms with van der Waals surface area (Å²) >= 11 is 1.03. The third-order valence-corrected chi connectivity index (χ3v) is 5.72. The van der Waals surface area contributed by atoms with Crippen molar-refractivity contribution in [2.24, 2.45) is 20.6 Å². The molecule has 9 nitrogen and oxygen atoms in total. The fourth-order valence-electron chi connectivity index (χ4n) is 3.66. The van der Waals surface area contributed by atoms with E-state index in [9.17, 15) is 19.2 Å². The lowest BCUT2D eigenvalue weighted by Crippen LogP contribution is -2.45. The molecule has 4 rings (SSSR count). The first-order valence-electron chi connectivity index (χ1n) is 9.17. The minimum atomic E-state index is -1.08. The van der Waals surface area contributed by atoms with Crippen LogP contribution in [0.15, 0.2) is 39.1 Å². The maximum absolute atomic E-state index is 12.5. The molecule has 1 fully saturated rings. The molecule has 0 saturated carbocycles. The van der Waals surface area contributed by atoms with Gasteiger partial charge in [-0.3, -0.25) is 19.3 Å². The Hall–Kier alpha value is -3.14. The van der Waals surface area contributed by atoms with Gasteiger partial charge in [0.25, 0.3) is 5.91 Å². The van der Waals surface area contributed by atoms with E-state index < -0.39 is 36.4 Å². The Kier molecular flexibility index (Phi) is 5.10. The fraction of sp³-hybridized carbons (Fsp3) is 0.368. The number of carbonyl (C=O) groups excluding carboxylic acids is 4. The van der Waals surface area contributed by atoms with Gasteiger partial charge in [0, 0.05) is 0 Å². The fourth-order valence-corrected chi connectivity index (χ4v) is 4.21. The molecule has 2 aliphatic heterocycles. The molecule has 1 aromatic carbocycles. The van der Waals surface area contributed by atoms with Crippen molar-refractivity contribution < 1.29 is 23.9 Å². The van der Waals surface area contributed by atoms with Crippen LogP contribution in [0.1, 0.15) is 19.8 Å². The summed E-state index contributed by atoms with van der Waals surface area (Å²) < 4.78 is 13.3. The predicted octanol–water partition coefficient (Wildman–Crippen LogP) is 2.23. The number of likely N-dealkylation sites (tertiary alicyclic amines) is 1. The van der Waals surface area contributed by atoms with Gasteiger partial charge in [0.2, 0.25) is 11.8 Å². The number of amides is 3. The van der Waals surface area contributed by atoms with Crippen LogP contribution in [0.25, 0.3) is 0 Å². The molecule has 2 heterocycles. The van der Waals surface area contributed by atoms with Crippen molar-refractivity contribution in [1.82, 2.24) is 4.90 Å². The Morgan fingerprint density at radius 3 is 2.59 bits per heavy atom. The van der Waals surface area contributed by atoms with Gasteiger partial charge in [-0.25, -0.2) is 4.79 Å². The highest BCUT2D eigenvalue weighted by Crippen LogP contribution is 2.38. The third kappa shape index (κ3) is 3.51. The molecule has 0 aromatic heterocycles. The molecule has 0 unspecified atom stereocenters. The van der Waals surface area contributed by atoms with Gasteiger partial charge in [-0.1, -0.05) is 18.2 Å². The van der Waals surface area contributed by atoms with Gasteiger partial charge < -0.3 is 10.1 Å². The summed E-state index contributed by atoms with van der Waals surface area (Å²) in [6.07, 6.45) is 4.74. The number of hydrogen-bond donors (Lipinski definition) is 1. The molecule has 0 radical (unpaired) electrons. The molecule has 1 aromatic rings. The van der Waals surface area contributed by atoms with Crippen LogP contribution < -0.4 is 5.32 Å². The molecule has 29 heavy (non-hydrogen) atoms. The number of fused-ring (bicyclic) bond motifs is 2. The summed E-state index contributed by atoms with van der Waals surface area (Å²) in [5.74, 6) is -2.91. The van der Waals surface area contributed by atoms with E-state index in [1.807, 2.05) is 12.2 Å². The van der Waals surface area contributed by atoms with Crippen LogP contribution in [0.5, 0.6) is 0 Å². The molecular formula is C19H18N4O5S.